The summed E-state index contributed by atoms with van der Waals surface area (Å²) in [5.41, 5.74) is 0.779. The van der Waals surface area contributed by atoms with Crippen molar-refractivity contribution in [2.24, 2.45) is 4.99 Å². The molecule has 2 rings (SSSR count). The first-order valence-electron chi connectivity index (χ1n) is 9.16. The highest BCUT2D eigenvalue weighted by atomic mass is 32.1. The van der Waals surface area contributed by atoms with E-state index in [-0.39, 0.29) is 11.5 Å². The molecule has 29 heavy (non-hydrogen) atoms. The third-order valence-electron chi connectivity index (χ3n) is 3.74. The van der Waals surface area contributed by atoms with Crippen molar-refractivity contribution in [2.45, 2.75) is 39.5 Å². The maximum Gasteiger partial charge on any atom is 0.422 e. The Bertz CT molecular complexity index is 809. The van der Waals surface area contributed by atoms with Gasteiger partial charge in [-0.15, -0.1) is 11.3 Å². The highest BCUT2D eigenvalue weighted by molar-refractivity contribution is 7.11. The van der Waals surface area contributed by atoms with Gasteiger partial charge >= 0.3 is 6.18 Å². The van der Waals surface area contributed by atoms with E-state index in [4.69, 9.17) is 9.47 Å². The van der Waals surface area contributed by atoms with Crippen molar-refractivity contribution in [3.63, 3.8) is 0 Å². The first kappa shape index (κ1) is 22.8. The Morgan fingerprint density at radius 1 is 1.21 bits per heavy atom. The number of alkyl halides is 3. The lowest BCUT2D eigenvalue weighted by Crippen LogP contribution is -2.36. The third-order valence-corrected chi connectivity index (χ3v) is 4.88. The van der Waals surface area contributed by atoms with Gasteiger partial charge in [0, 0.05) is 17.6 Å². The molecule has 1 heterocycles. The fourth-order valence-electron chi connectivity index (χ4n) is 2.35. The SMILES string of the molecule is CCNC(=NCc1ccc(OCC(F)(F)F)c(OC)c1)NCc1ncc(CC)s1. The van der Waals surface area contributed by atoms with Crippen LogP contribution in [0.2, 0.25) is 0 Å². The molecule has 0 atom stereocenters. The van der Waals surface area contributed by atoms with Crippen LogP contribution in [0.3, 0.4) is 0 Å². The zero-order chi connectivity index (χ0) is 21.3. The van der Waals surface area contributed by atoms with Gasteiger partial charge < -0.3 is 20.1 Å². The first-order chi connectivity index (χ1) is 13.8. The normalized spacial score (nSPS) is 12.0. The number of ether oxygens (including phenoxy) is 2. The van der Waals surface area contributed by atoms with Crippen LogP contribution in [-0.2, 0) is 19.5 Å². The van der Waals surface area contributed by atoms with E-state index in [0.717, 1.165) is 17.0 Å². The van der Waals surface area contributed by atoms with Crippen molar-refractivity contribution in [3.05, 3.63) is 39.8 Å². The van der Waals surface area contributed by atoms with Gasteiger partial charge in [0.05, 0.1) is 20.2 Å². The quantitative estimate of drug-likeness (QED) is 0.466. The number of aryl methyl sites for hydroxylation is 1. The van der Waals surface area contributed by atoms with E-state index in [0.29, 0.717) is 25.6 Å². The second kappa shape index (κ2) is 10.9. The fraction of sp³-hybridized carbons (Fsp3) is 0.474. The number of aliphatic imine (C=N–C) groups is 1. The zero-order valence-electron chi connectivity index (χ0n) is 16.6. The van der Waals surface area contributed by atoms with Gasteiger partial charge in [0.1, 0.15) is 5.01 Å². The monoisotopic (exact) mass is 430 g/mol. The predicted octanol–water partition coefficient (Wildman–Crippen LogP) is 3.91. The summed E-state index contributed by atoms with van der Waals surface area (Å²) in [6.07, 6.45) is -1.58. The Hall–Kier alpha value is -2.49. The molecule has 1 aromatic carbocycles. The lowest BCUT2D eigenvalue weighted by molar-refractivity contribution is -0.153. The first-order valence-corrected chi connectivity index (χ1v) is 9.98. The van der Waals surface area contributed by atoms with E-state index in [1.807, 2.05) is 13.1 Å². The molecule has 0 unspecified atom stereocenters. The third kappa shape index (κ3) is 7.80. The minimum absolute atomic E-state index is 0.0399. The molecule has 0 spiro atoms. The molecule has 2 aromatic rings. The molecule has 2 N–H and O–H groups in total. The van der Waals surface area contributed by atoms with Crippen LogP contribution in [0.25, 0.3) is 0 Å². The lowest BCUT2D eigenvalue weighted by atomic mass is 10.2. The molecule has 160 valence electrons. The standard InChI is InChI=1S/C19H25F3N4O2S/c1-4-14-10-24-17(29-14)11-26-18(23-5-2)25-9-13-6-7-15(16(8-13)27-3)28-12-19(20,21)22/h6-8,10H,4-5,9,11-12H2,1-3H3,(H2,23,25,26). The molecule has 0 aliphatic heterocycles. The number of nitrogens with zero attached hydrogens (tertiary/aromatic N) is 2. The van der Waals surface area contributed by atoms with Crippen molar-refractivity contribution in [3.8, 4) is 11.5 Å². The molecule has 0 fully saturated rings. The molecule has 0 bridgehead atoms. The number of halogens is 3. The molecule has 10 heteroatoms. The number of hydrogen-bond acceptors (Lipinski definition) is 5. The fourth-order valence-corrected chi connectivity index (χ4v) is 3.16. The minimum atomic E-state index is -4.41. The van der Waals surface area contributed by atoms with Crippen LogP contribution < -0.4 is 20.1 Å². The summed E-state index contributed by atoms with van der Waals surface area (Å²) >= 11 is 1.65. The number of thiazole rings is 1. The molecule has 0 saturated heterocycles. The van der Waals surface area contributed by atoms with Crippen LogP contribution in [0, 0.1) is 0 Å². The highest BCUT2D eigenvalue weighted by Gasteiger charge is 2.29. The van der Waals surface area contributed by atoms with Crippen molar-refractivity contribution in [1.29, 1.82) is 0 Å². The number of benzene rings is 1. The summed E-state index contributed by atoms with van der Waals surface area (Å²) in [6, 6.07) is 4.74. The van der Waals surface area contributed by atoms with Gasteiger partial charge in [0.2, 0.25) is 0 Å². The Balaban J connectivity index is 2.01. The van der Waals surface area contributed by atoms with E-state index in [1.54, 1.807) is 23.5 Å². The molecule has 0 aliphatic carbocycles. The zero-order valence-corrected chi connectivity index (χ0v) is 17.4. The van der Waals surface area contributed by atoms with E-state index in [9.17, 15) is 13.2 Å². The van der Waals surface area contributed by atoms with Gasteiger partial charge in [-0.1, -0.05) is 13.0 Å². The van der Waals surface area contributed by atoms with Crippen LogP contribution in [0.15, 0.2) is 29.4 Å². The van der Waals surface area contributed by atoms with Gasteiger partial charge in [-0.05, 0) is 31.0 Å². The number of rotatable bonds is 9. The van der Waals surface area contributed by atoms with Crippen LogP contribution in [0.4, 0.5) is 13.2 Å². The second-order valence-corrected chi connectivity index (χ2v) is 7.21. The average molecular weight is 430 g/mol. The van der Waals surface area contributed by atoms with Gasteiger partial charge in [-0.2, -0.15) is 13.2 Å². The molecule has 0 aliphatic rings. The van der Waals surface area contributed by atoms with Crippen molar-refractivity contribution < 1.29 is 22.6 Å². The topological polar surface area (TPSA) is 67.8 Å². The summed E-state index contributed by atoms with van der Waals surface area (Å²) in [4.78, 5) is 10.1. The number of methoxy groups -OCH3 is 1. The van der Waals surface area contributed by atoms with E-state index < -0.39 is 12.8 Å². The molecule has 0 radical (unpaired) electrons. The molecule has 1 aromatic heterocycles. The average Bonchev–Trinajstić information content (AvgIpc) is 3.16. The maximum absolute atomic E-state index is 12.4. The molecule has 0 saturated carbocycles. The van der Waals surface area contributed by atoms with Crippen LogP contribution in [-0.4, -0.2) is 37.4 Å². The van der Waals surface area contributed by atoms with Crippen LogP contribution >= 0.6 is 11.3 Å². The van der Waals surface area contributed by atoms with E-state index in [2.05, 4.69) is 27.5 Å². The summed E-state index contributed by atoms with van der Waals surface area (Å²) < 4.78 is 47.0. The summed E-state index contributed by atoms with van der Waals surface area (Å²) in [5, 5.41) is 7.36. The lowest BCUT2D eigenvalue weighted by Gasteiger charge is -2.13. The number of guanidine groups is 1. The van der Waals surface area contributed by atoms with Crippen molar-refractivity contribution in [1.82, 2.24) is 15.6 Å². The second-order valence-electron chi connectivity index (χ2n) is 6.01. The Morgan fingerprint density at radius 3 is 2.62 bits per heavy atom. The molecule has 6 nitrogen and oxygen atoms in total. The largest absolute Gasteiger partial charge is 0.493 e. The Labute approximate surface area is 172 Å². The maximum atomic E-state index is 12.4. The number of nitrogens with one attached hydrogen (secondary N) is 2. The Morgan fingerprint density at radius 2 is 2.00 bits per heavy atom. The summed E-state index contributed by atoms with van der Waals surface area (Å²) in [6.45, 7) is 4.26. The number of aromatic nitrogens is 1. The van der Waals surface area contributed by atoms with E-state index >= 15 is 0 Å². The van der Waals surface area contributed by atoms with Gasteiger partial charge in [0.15, 0.2) is 24.1 Å². The van der Waals surface area contributed by atoms with Gasteiger partial charge in [-0.3, -0.25) is 0 Å². The molecular weight excluding hydrogens is 405 g/mol. The Kier molecular flexibility index (Phi) is 8.56. The minimum Gasteiger partial charge on any atom is -0.493 e. The van der Waals surface area contributed by atoms with Crippen LogP contribution in [0.5, 0.6) is 11.5 Å². The van der Waals surface area contributed by atoms with Crippen LogP contribution in [0.1, 0.15) is 29.3 Å². The predicted molar refractivity (Wildman–Crippen MR) is 108 cm³/mol. The van der Waals surface area contributed by atoms with Gasteiger partial charge in [0.25, 0.3) is 0 Å². The van der Waals surface area contributed by atoms with Gasteiger partial charge in [-0.25, -0.2) is 9.98 Å². The summed E-state index contributed by atoms with van der Waals surface area (Å²) in [7, 11) is 1.38. The summed E-state index contributed by atoms with van der Waals surface area (Å²) in [5.74, 6) is 0.894. The molecular formula is C19H25F3N4O2S. The van der Waals surface area contributed by atoms with E-state index in [1.165, 1.54) is 18.1 Å². The highest BCUT2D eigenvalue weighted by Crippen LogP contribution is 2.30. The molecule has 0 amide bonds. The van der Waals surface area contributed by atoms with Crippen molar-refractivity contribution in [2.75, 3.05) is 20.3 Å². The van der Waals surface area contributed by atoms with Crippen molar-refractivity contribution >= 4 is 17.3 Å². The smallest absolute Gasteiger partial charge is 0.422 e. The number of hydrogen-bond donors (Lipinski definition) is 2.